The average Bonchev–Trinajstić information content (AvgIpc) is 2.71. The summed E-state index contributed by atoms with van der Waals surface area (Å²) in [5.41, 5.74) is 2.17. The molecule has 0 saturated carbocycles. The molecule has 1 saturated heterocycles. The van der Waals surface area contributed by atoms with E-state index in [-0.39, 0.29) is 16.5 Å². The summed E-state index contributed by atoms with van der Waals surface area (Å²) in [5.74, 6) is -1.42. The summed E-state index contributed by atoms with van der Waals surface area (Å²) >= 11 is 0. The Balaban J connectivity index is 1.93. The standard InChI is InChI=1S/C22H27FN2O3S/c1-4-17-9-5-6-13-25(17)29(27,28)18-11-12-20(23)19(14-18)22(26)24-21-10-7-8-15(2)16(21)3/h7-8,10-12,14,17H,4-6,9,13H2,1-3H3,(H,24,26)/t17-/m1/s1. The minimum Gasteiger partial charge on any atom is -0.322 e. The first-order valence-electron chi connectivity index (χ1n) is 9.94. The van der Waals surface area contributed by atoms with Gasteiger partial charge in [-0.05, 0) is 68.5 Å². The Hall–Kier alpha value is -2.25. The molecule has 1 N–H and O–H groups in total. The quantitative estimate of drug-likeness (QED) is 0.769. The van der Waals surface area contributed by atoms with Crippen LogP contribution in [0.15, 0.2) is 41.3 Å². The monoisotopic (exact) mass is 418 g/mol. The van der Waals surface area contributed by atoms with E-state index in [2.05, 4.69) is 5.32 Å². The smallest absolute Gasteiger partial charge is 0.258 e. The third-order valence-corrected chi connectivity index (χ3v) is 7.63. The molecule has 0 aliphatic carbocycles. The predicted molar refractivity (Wildman–Crippen MR) is 112 cm³/mol. The molecular formula is C22H27FN2O3S. The Morgan fingerprint density at radius 2 is 1.97 bits per heavy atom. The molecule has 3 rings (SSSR count). The van der Waals surface area contributed by atoms with E-state index < -0.39 is 21.7 Å². The molecule has 0 radical (unpaired) electrons. The molecule has 7 heteroatoms. The van der Waals surface area contributed by atoms with E-state index in [4.69, 9.17) is 0 Å². The van der Waals surface area contributed by atoms with Crippen LogP contribution in [-0.2, 0) is 10.0 Å². The molecule has 1 heterocycles. The second-order valence-corrected chi connectivity index (χ2v) is 9.41. The zero-order valence-electron chi connectivity index (χ0n) is 17.0. The molecule has 1 fully saturated rings. The van der Waals surface area contributed by atoms with Crippen LogP contribution in [0.25, 0.3) is 0 Å². The van der Waals surface area contributed by atoms with Gasteiger partial charge in [0.15, 0.2) is 0 Å². The van der Waals surface area contributed by atoms with Crippen LogP contribution in [0.5, 0.6) is 0 Å². The van der Waals surface area contributed by atoms with Crippen LogP contribution in [0.3, 0.4) is 0 Å². The third-order valence-electron chi connectivity index (χ3n) is 5.69. The number of hydrogen-bond acceptors (Lipinski definition) is 3. The summed E-state index contributed by atoms with van der Waals surface area (Å²) in [6, 6.07) is 8.82. The number of aryl methyl sites for hydroxylation is 1. The van der Waals surface area contributed by atoms with Gasteiger partial charge in [-0.3, -0.25) is 4.79 Å². The van der Waals surface area contributed by atoms with Crippen molar-refractivity contribution in [2.24, 2.45) is 0 Å². The highest BCUT2D eigenvalue weighted by Gasteiger charge is 2.33. The fraction of sp³-hybridized carbons (Fsp3) is 0.409. The molecule has 1 aliphatic heterocycles. The van der Waals surface area contributed by atoms with Gasteiger partial charge in [0.2, 0.25) is 10.0 Å². The van der Waals surface area contributed by atoms with Crippen molar-refractivity contribution in [3.8, 4) is 0 Å². The van der Waals surface area contributed by atoms with E-state index in [1.807, 2.05) is 26.8 Å². The number of carbonyl (C=O) groups is 1. The molecule has 0 bridgehead atoms. The maximum Gasteiger partial charge on any atom is 0.258 e. The number of nitrogens with one attached hydrogen (secondary N) is 1. The number of piperidine rings is 1. The number of anilines is 1. The number of hydrogen-bond donors (Lipinski definition) is 1. The van der Waals surface area contributed by atoms with Crippen LogP contribution >= 0.6 is 0 Å². The molecule has 2 aromatic rings. The number of nitrogens with zero attached hydrogens (tertiary/aromatic N) is 1. The van der Waals surface area contributed by atoms with Crippen molar-refractivity contribution in [1.82, 2.24) is 4.31 Å². The molecule has 0 spiro atoms. The lowest BCUT2D eigenvalue weighted by Gasteiger charge is -2.34. The number of halogens is 1. The Morgan fingerprint density at radius 3 is 2.69 bits per heavy atom. The second kappa shape index (κ2) is 8.63. The highest BCUT2D eigenvalue weighted by Crippen LogP contribution is 2.28. The molecule has 5 nitrogen and oxygen atoms in total. The lowest BCUT2D eigenvalue weighted by molar-refractivity contribution is 0.102. The zero-order chi connectivity index (χ0) is 21.2. The maximum atomic E-state index is 14.4. The van der Waals surface area contributed by atoms with E-state index in [0.717, 1.165) is 48.9 Å². The lowest BCUT2D eigenvalue weighted by atomic mass is 10.0. The maximum absolute atomic E-state index is 14.4. The van der Waals surface area contributed by atoms with Crippen molar-refractivity contribution < 1.29 is 17.6 Å². The number of benzene rings is 2. The first-order valence-corrected chi connectivity index (χ1v) is 11.4. The summed E-state index contributed by atoms with van der Waals surface area (Å²) in [5, 5.41) is 2.70. The molecular weight excluding hydrogens is 391 g/mol. The number of rotatable bonds is 5. The first kappa shape index (κ1) is 21.5. The molecule has 0 unspecified atom stereocenters. The molecule has 1 amide bonds. The van der Waals surface area contributed by atoms with Gasteiger partial charge >= 0.3 is 0 Å². The van der Waals surface area contributed by atoms with Crippen molar-refractivity contribution in [1.29, 1.82) is 0 Å². The van der Waals surface area contributed by atoms with Crippen molar-refractivity contribution in [3.63, 3.8) is 0 Å². The second-order valence-electron chi connectivity index (χ2n) is 7.52. The lowest BCUT2D eigenvalue weighted by Crippen LogP contribution is -2.43. The van der Waals surface area contributed by atoms with Gasteiger partial charge in [-0.15, -0.1) is 0 Å². The van der Waals surface area contributed by atoms with Crippen molar-refractivity contribution >= 4 is 21.6 Å². The van der Waals surface area contributed by atoms with Crippen LogP contribution in [0, 0.1) is 19.7 Å². The van der Waals surface area contributed by atoms with Crippen LogP contribution in [0.1, 0.15) is 54.1 Å². The average molecular weight is 419 g/mol. The highest BCUT2D eigenvalue weighted by molar-refractivity contribution is 7.89. The van der Waals surface area contributed by atoms with Gasteiger partial charge in [-0.2, -0.15) is 4.31 Å². The van der Waals surface area contributed by atoms with Crippen molar-refractivity contribution in [2.45, 2.75) is 57.4 Å². The Kier molecular flexibility index (Phi) is 6.39. The van der Waals surface area contributed by atoms with Crippen LogP contribution in [0.4, 0.5) is 10.1 Å². The Labute approximate surface area is 172 Å². The van der Waals surface area contributed by atoms with Crippen LogP contribution < -0.4 is 5.32 Å². The van der Waals surface area contributed by atoms with E-state index in [9.17, 15) is 17.6 Å². The predicted octanol–water partition coefficient (Wildman–Crippen LogP) is 4.65. The van der Waals surface area contributed by atoms with E-state index in [1.165, 1.54) is 10.4 Å². The highest BCUT2D eigenvalue weighted by atomic mass is 32.2. The largest absolute Gasteiger partial charge is 0.322 e. The summed E-state index contributed by atoms with van der Waals surface area (Å²) in [6.07, 6.45) is 3.34. The number of sulfonamides is 1. The van der Waals surface area contributed by atoms with E-state index in [1.54, 1.807) is 12.1 Å². The fourth-order valence-corrected chi connectivity index (χ4v) is 5.54. The summed E-state index contributed by atoms with van der Waals surface area (Å²) < 4.78 is 42.2. The van der Waals surface area contributed by atoms with Crippen LogP contribution in [-0.4, -0.2) is 31.2 Å². The van der Waals surface area contributed by atoms with Crippen molar-refractivity contribution in [3.05, 3.63) is 58.9 Å². The summed E-state index contributed by atoms with van der Waals surface area (Å²) in [6.45, 7) is 6.19. The Bertz CT molecular complexity index is 1020. The summed E-state index contributed by atoms with van der Waals surface area (Å²) in [7, 11) is -3.80. The van der Waals surface area contributed by atoms with Gasteiger partial charge in [0, 0.05) is 18.3 Å². The zero-order valence-corrected chi connectivity index (χ0v) is 17.9. The van der Waals surface area contributed by atoms with E-state index >= 15 is 0 Å². The Morgan fingerprint density at radius 1 is 1.21 bits per heavy atom. The van der Waals surface area contributed by atoms with Gasteiger partial charge in [-0.1, -0.05) is 25.5 Å². The fourth-order valence-electron chi connectivity index (χ4n) is 3.75. The van der Waals surface area contributed by atoms with Gasteiger partial charge < -0.3 is 5.32 Å². The molecule has 2 aromatic carbocycles. The first-order chi connectivity index (χ1) is 13.8. The normalized spacial score (nSPS) is 17.9. The van der Waals surface area contributed by atoms with Gasteiger partial charge in [-0.25, -0.2) is 12.8 Å². The molecule has 156 valence electrons. The third kappa shape index (κ3) is 4.36. The molecule has 0 aromatic heterocycles. The summed E-state index contributed by atoms with van der Waals surface area (Å²) in [4.78, 5) is 12.7. The van der Waals surface area contributed by atoms with E-state index in [0.29, 0.717) is 12.2 Å². The van der Waals surface area contributed by atoms with Crippen molar-refractivity contribution in [2.75, 3.05) is 11.9 Å². The van der Waals surface area contributed by atoms with Crippen LogP contribution in [0.2, 0.25) is 0 Å². The molecule has 1 atom stereocenters. The SMILES string of the molecule is CC[C@@H]1CCCCN1S(=O)(=O)c1ccc(F)c(C(=O)Nc2cccc(C)c2C)c1. The minimum absolute atomic E-state index is 0.0506. The molecule has 29 heavy (non-hydrogen) atoms. The minimum atomic E-state index is -3.80. The number of carbonyl (C=O) groups excluding carboxylic acids is 1. The van der Waals surface area contributed by atoms with Gasteiger partial charge in [0.05, 0.1) is 10.5 Å². The number of amides is 1. The topological polar surface area (TPSA) is 66.5 Å². The van der Waals surface area contributed by atoms with Gasteiger partial charge in [0.25, 0.3) is 5.91 Å². The van der Waals surface area contributed by atoms with Gasteiger partial charge in [0.1, 0.15) is 5.82 Å². The molecule has 1 aliphatic rings.